The number of ether oxygens (including phenoxy) is 3. The van der Waals surface area contributed by atoms with Crippen LogP contribution in [0.2, 0.25) is 0 Å². The van der Waals surface area contributed by atoms with Gasteiger partial charge in [0.2, 0.25) is 0 Å². The Bertz CT molecular complexity index is 1170. The van der Waals surface area contributed by atoms with E-state index in [1.54, 1.807) is 0 Å². The number of rotatable bonds is 8. The van der Waals surface area contributed by atoms with Crippen LogP contribution in [0.1, 0.15) is 24.7 Å². The molecule has 0 N–H and O–H groups in total. The molecule has 0 bridgehead atoms. The quantitative estimate of drug-likeness (QED) is 0.242. The number of hydrogen-bond donors (Lipinski definition) is 0. The molecule has 1 unspecified atom stereocenters. The van der Waals surface area contributed by atoms with Crippen molar-refractivity contribution in [3.05, 3.63) is 127 Å². The molecule has 3 atom stereocenters. The molecule has 1 fully saturated rings. The van der Waals surface area contributed by atoms with Gasteiger partial charge in [0, 0.05) is 0 Å². The van der Waals surface area contributed by atoms with Crippen molar-refractivity contribution in [1.29, 1.82) is 0 Å². The van der Waals surface area contributed by atoms with Gasteiger partial charge in [-0.1, -0.05) is 0 Å². The molecule has 1 saturated heterocycles. The van der Waals surface area contributed by atoms with E-state index in [0.29, 0.717) is 6.42 Å². The third kappa shape index (κ3) is 5.67. The number of carbonyl (C=O) groups excluding carboxylic acids is 1. The van der Waals surface area contributed by atoms with Gasteiger partial charge in [-0.25, -0.2) is 0 Å². The van der Waals surface area contributed by atoms with Crippen LogP contribution >= 0.6 is 7.26 Å². The standard InChI is InChI=1S/C32H33O4P/c1-34-31(33)23-26-22-27(36-32(35-26)25-14-6-2-7-15-25)24-37(28-16-8-3-9-17-28,29-18-10-4-11-19-29)30-20-12-5-13-21-30/h2-21,26-27,32,37H,22-24H2,1H3/t26-,27+,32?/m1/s1. The summed E-state index contributed by atoms with van der Waals surface area (Å²) in [5.74, 6) is -0.268. The zero-order chi connectivity index (χ0) is 25.5. The summed E-state index contributed by atoms with van der Waals surface area (Å²) < 4.78 is 18.0. The first kappa shape index (κ1) is 25.4. The first-order valence-electron chi connectivity index (χ1n) is 12.8. The Morgan fingerprint density at radius 1 is 0.703 bits per heavy atom. The van der Waals surface area contributed by atoms with E-state index in [9.17, 15) is 4.79 Å². The maximum atomic E-state index is 12.2. The molecule has 4 aromatic rings. The number of hydrogen-bond acceptors (Lipinski definition) is 4. The first-order chi connectivity index (χ1) is 18.2. The molecule has 0 saturated carbocycles. The number of methoxy groups -OCH3 is 1. The Morgan fingerprint density at radius 2 is 1.14 bits per heavy atom. The molecule has 37 heavy (non-hydrogen) atoms. The van der Waals surface area contributed by atoms with Crippen LogP contribution in [0.3, 0.4) is 0 Å². The van der Waals surface area contributed by atoms with E-state index < -0.39 is 13.6 Å². The predicted octanol–water partition coefficient (Wildman–Crippen LogP) is 5.15. The summed E-state index contributed by atoms with van der Waals surface area (Å²) in [7, 11) is -1.09. The SMILES string of the molecule is COC(=O)C[C@H]1C[C@@H](C[PH](c2ccccc2)(c2ccccc2)c2ccccc2)OC(c2ccccc2)O1. The zero-order valence-electron chi connectivity index (χ0n) is 21.0. The molecule has 1 heterocycles. The van der Waals surface area contributed by atoms with Gasteiger partial charge < -0.3 is 0 Å². The third-order valence-electron chi connectivity index (χ3n) is 7.19. The molecule has 0 radical (unpaired) electrons. The van der Waals surface area contributed by atoms with Crippen LogP contribution < -0.4 is 15.9 Å². The van der Waals surface area contributed by atoms with Gasteiger partial charge in [-0.15, -0.1) is 0 Å². The molecule has 4 aromatic carbocycles. The van der Waals surface area contributed by atoms with Crippen LogP contribution in [0.4, 0.5) is 0 Å². The Labute approximate surface area is 219 Å². The van der Waals surface area contributed by atoms with E-state index in [0.717, 1.165) is 11.7 Å². The van der Waals surface area contributed by atoms with E-state index >= 15 is 0 Å². The van der Waals surface area contributed by atoms with Gasteiger partial charge in [-0.2, -0.15) is 0 Å². The Kier molecular flexibility index (Phi) is 8.11. The van der Waals surface area contributed by atoms with Crippen molar-refractivity contribution in [3.8, 4) is 0 Å². The molecule has 0 aliphatic carbocycles. The van der Waals surface area contributed by atoms with Gasteiger partial charge in [0.15, 0.2) is 0 Å². The third-order valence-corrected chi connectivity index (χ3v) is 12.2. The summed E-state index contributed by atoms with van der Waals surface area (Å²) in [4.78, 5) is 12.2. The molecule has 5 heteroatoms. The van der Waals surface area contributed by atoms with E-state index in [1.165, 1.54) is 23.0 Å². The minimum atomic E-state index is -2.52. The zero-order valence-corrected chi connectivity index (χ0v) is 22.0. The van der Waals surface area contributed by atoms with Crippen LogP contribution in [0, 0.1) is 0 Å². The molecule has 5 rings (SSSR count). The average molecular weight is 513 g/mol. The molecule has 0 aromatic heterocycles. The Balaban J connectivity index is 1.59. The van der Waals surface area contributed by atoms with Gasteiger partial charge in [0.1, 0.15) is 0 Å². The first-order valence-corrected chi connectivity index (χ1v) is 15.0. The summed E-state index contributed by atoms with van der Waals surface area (Å²) in [5, 5.41) is 4.01. The monoisotopic (exact) mass is 512 g/mol. The van der Waals surface area contributed by atoms with Crippen molar-refractivity contribution in [1.82, 2.24) is 0 Å². The Morgan fingerprint density at radius 3 is 1.59 bits per heavy atom. The van der Waals surface area contributed by atoms with Gasteiger partial charge >= 0.3 is 220 Å². The second kappa shape index (κ2) is 11.8. The van der Waals surface area contributed by atoms with Gasteiger partial charge in [0.25, 0.3) is 0 Å². The van der Waals surface area contributed by atoms with Crippen molar-refractivity contribution >= 4 is 29.1 Å². The van der Waals surface area contributed by atoms with Crippen molar-refractivity contribution in [3.63, 3.8) is 0 Å². The van der Waals surface area contributed by atoms with Crippen LogP contribution in [0.25, 0.3) is 0 Å². The van der Waals surface area contributed by atoms with Crippen LogP contribution in [-0.2, 0) is 19.0 Å². The molecular weight excluding hydrogens is 479 g/mol. The number of carbonyl (C=O) groups is 1. The van der Waals surface area contributed by atoms with Gasteiger partial charge in [-0.05, 0) is 0 Å². The summed E-state index contributed by atoms with van der Waals surface area (Å²) in [5.41, 5.74) is 0.952. The second-order valence-corrected chi connectivity index (χ2v) is 13.4. The molecule has 190 valence electrons. The van der Waals surface area contributed by atoms with E-state index in [2.05, 4.69) is 91.0 Å². The molecule has 1 aliphatic heterocycles. The van der Waals surface area contributed by atoms with E-state index in [-0.39, 0.29) is 24.6 Å². The van der Waals surface area contributed by atoms with Crippen molar-refractivity contribution < 1.29 is 19.0 Å². The normalized spacial score (nSPS) is 20.2. The number of benzene rings is 4. The fraction of sp³-hybridized carbons (Fsp3) is 0.219. The van der Waals surface area contributed by atoms with Crippen molar-refractivity contribution in [2.75, 3.05) is 13.3 Å². The number of esters is 1. The van der Waals surface area contributed by atoms with Gasteiger partial charge in [-0.3, -0.25) is 0 Å². The summed E-state index contributed by atoms with van der Waals surface area (Å²) >= 11 is 0. The predicted molar refractivity (Wildman–Crippen MR) is 152 cm³/mol. The molecule has 4 nitrogen and oxygen atoms in total. The molecule has 0 amide bonds. The van der Waals surface area contributed by atoms with Crippen LogP contribution in [0.15, 0.2) is 121 Å². The summed E-state index contributed by atoms with van der Waals surface area (Å²) in [6.07, 6.45) is 0.723. The van der Waals surface area contributed by atoms with E-state index in [1.807, 2.05) is 30.3 Å². The molecular formula is C32H33O4P. The fourth-order valence-corrected chi connectivity index (χ4v) is 10.4. The maximum absolute atomic E-state index is 12.2. The molecule has 0 spiro atoms. The molecule has 1 aliphatic rings. The van der Waals surface area contributed by atoms with Gasteiger partial charge in [0.05, 0.1) is 0 Å². The second-order valence-electron chi connectivity index (χ2n) is 9.48. The summed E-state index contributed by atoms with van der Waals surface area (Å²) in [6.45, 7) is 0. The van der Waals surface area contributed by atoms with Crippen LogP contribution in [-0.4, -0.2) is 31.4 Å². The Hall–Kier alpha value is -3.30. The topological polar surface area (TPSA) is 44.8 Å². The minimum absolute atomic E-state index is 0.110. The van der Waals surface area contributed by atoms with Crippen molar-refractivity contribution in [2.24, 2.45) is 0 Å². The summed E-state index contributed by atoms with van der Waals surface area (Å²) in [6, 6.07) is 42.5. The van der Waals surface area contributed by atoms with Crippen LogP contribution in [0.5, 0.6) is 0 Å². The van der Waals surface area contributed by atoms with Crippen molar-refractivity contribution in [2.45, 2.75) is 31.3 Å². The fourth-order valence-electron chi connectivity index (χ4n) is 5.45. The average Bonchev–Trinajstić information content (AvgIpc) is 2.97. The van der Waals surface area contributed by atoms with E-state index in [4.69, 9.17) is 14.2 Å².